The Morgan fingerprint density at radius 3 is 2.37 bits per heavy atom. The second-order valence-corrected chi connectivity index (χ2v) is 6.60. The van der Waals surface area contributed by atoms with Gasteiger partial charge < -0.3 is 14.2 Å². The minimum Gasteiger partial charge on any atom is -0.467 e. The maximum Gasteiger partial charge on any atom is 0.337 e. The highest BCUT2D eigenvalue weighted by atomic mass is 17.0. The van der Waals surface area contributed by atoms with E-state index in [-0.39, 0.29) is 18.7 Å². The van der Waals surface area contributed by atoms with Crippen molar-refractivity contribution in [3.8, 4) is 0 Å². The van der Waals surface area contributed by atoms with Crippen molar-refractivity contribution in [1.82, 2.24) is 5.23 Å². The predicted molar refractivity (Wildman–Crippen MR) is 95.4 cm³/mol. The summed E-state index contributed by atoms with van der Waals surface area (Å²) >= 11 is 0. The van der Waals surface area contributed by atoms with E-state index in [4.69, 9.17) is 23.9 Å². The third-order valence-corrected chi connectivity index (χ3v) is 5.06. The summed E-state index contributed by atoms with van der Waals surface area (Å²) in [5, 5.41) is 11.8. The van der Waals surface area contributed by atoms with E-state index < -0.39 is 46.5 Å². The van der Waals surface area contributed by atoms with Crippen LogP contribution in [0.4, 0.5) is 5.69 Å². The molecular weight excluding hydrogens is 404 g/mol. The highest BCUT2D eigenvalue weighted by molar-refractivity contribution is 5.88. The van der Waals surface area contributed by atoms with Gasteiger partial charge >= 0.3 is 17.9 Å². The van der Waals surface area contributed by atoms with E-state index in [0.717, 1.165) is 19.4 Å². The van der Waals surface area contributed by atoms with Gasteiger partial charge in [-0.05, 0) is 17.7 Å². The van der Waals surface area contributed by atoms with Crippen molar-refractivity contribution in [2.45, 2.75) is 37.0 Å². The number of nitrogens with zero attached hydrogens (tertiary/aromatic N) is 2. The molecule has 162 valence electrons. The molecule has 2 fully saturated rings. The van der Waals surface area contributed by atoms with E-state index in [1.54, 1.807) is 6.92 Å². The number of nitro benzene ring substituents is 1. The van der Waals surface area contributed by atoms with Gasteiger partial charge in [0.05, 0.1) is 31.7 Å². The van der Waals surface area contributed by atoms with E-state index in [2.05, 4.69) is 0 Å². The molecule has 3 rings (SSSR count). The Hall–Kier alpha value is -3.09. The number of nitro groups is 1. The van der Waals surface area contributed by atoms with Gasteiger partial charge in [0.1, 0.15) is 0 Å². The largest absolute Gasteiger partial charge is 0.467 e. The fourth-order valence-electron chi connectivity index (χ4n) is 3.75. The Morgan fingerprint density at radius 2 is 1.83 bits per heavy atom. The molecule has 0 spiro atoms. The van der Waals surface area contributed by atoms with Crippen LogP contribution in [0, 0.1) is 10.1 Å². The molecular formula is C18H20N2O10. The summed E-state index contributed by atoms with van der Waals surface area (Å²) in [4.78, 5) is 59.0. The molecule has 0 saturated carbocycles. The minimum absolute atomic E-state index is 0.0986. The van der Waals surface area contributed by atoms with Crippen molar-refractivity contribution in [3.63, 3.8) is 0 Å². The third-order valence-electron chi connectivity index (χ3n) is 5.06. The number of hydrogen-bond acceptors (Lipinski definition) is 11. The Balaban J connectivity index is 2.09. The maximum atomic E-state index is 12.9. The van der Waals surface area contributed by atoms with Gasteiger partial charge in [-0.15, -0.1) is 0 Å². The second-order valence-electron chi connectivity index (χ2n) is 6.60. The molecule has 2 aliphatic heterocycles. The van der Waals surface area contributed by atoms with E-state index in [0.29, 0.717) is 5.56 Å². The van der Waals surface area contributed by atoms with Crippen molar-refractivity contribution in [3.05, 3.63) is 39.9 Å². The van der Waals surface area contributed by atoms with Crippen LogP contribution in [-0.4, -0.2) is 66.6 Å². The molecule has 0 N–H and O–H groups in total. The van der Waals surface area contributed by atoms with E-state index in [9.17, 15) is 24.5 Å². The first-order chi connectivity index (χ1) is 14.3. The third kappa shape index (κ3) is 3.38. The number of hydroxylamine groups is 2. The van der Waals surface area contributed by atoms with Crippen LogP contribution < -0.4 is 0 Å². The number of esters is 3. The second kappa shape index (κ2) is 8.34. The number of ether oxygens (including phenoxy) is 3. The van der Waals surface area contributed by atoms with Gasteiger partial charge in [-0.3, -0.25) is 19.8 Å². The molecule has 4 atom stereocenters. The van der Waals surface area contributed by atoms with Crippen LogP contribution in [0.25, 0.3) is 0 Å². The average molecular weight is 424 g/mol. The van der Waals surface area contributed by atoms with Gasteiger partial charge in [0, 0.05) is 18.6 Å². The van der Waals surface area contributed by atoms with Crippen LogP contribution in [0.3, 0.4) is 0 Å². The molecule has 0 radical (unpaired) electrons. The van der Waals surface area contributed by atoms with Gasteiger partial charge in [0.15, 0.2) is 17.7 Å². The molecule has 2 saturated heterocycles. The quantitative estimate of drug-likeness (QED) is 0.275. The van der Waals surface area contributed by atoms with Gasteiger partial charge in [-0.25, -0.2) is 14.4 Å². The Bertz CT molecular complexity index is 857. The summed E-state index contributed by atoms with van der Waals surface area (Å²) in [6, 6.07) is 5.26. The van der Waals surface area contributed by atoms with Gasteiger partial charge in [-0.1, -0.05) is 12.1 Å². The molecule has 12 nitrogen and oxygen atoms in total. The number of methoxy groups -OCH3 is 2. The summed E-state index contributed by atoms with van der Waals surface area (Å²) in [5.74, 6) is -3.37. The van der Waals surface area contributed by atoms with Crippen LogP contribution in [0.5, 0.6) is 0 Å². The smallest absolute Gasteiger partial charge is 0.337 e. The average Bonchev–Trinajstić information content (AvgIpc) is 3.27. The maximum absolute atomic E-state index is 12.9. The highest BCUT2D eigenvalue weighted by Gasteiger charge is 2.70. The summed E-state index contributed by atoms with van der Waals surface area (Å²) in [6.45, 7) is 1.72. The lowest BCUT2D eigenvalue weighted by molar-refractivity contribution is -0.384. The fourth-order valence-corrected chi connectivity index (χ4v) is 3.75. The lowest BCUT2D eigenvalue weighted by Crippen LogP contribution is -2.50. The standard InChI is InChI=1S/C18H20N2O10/c1-4-28-15(21)12-9-18(17(23)27-3)13(10-5-7-11(8-6-10)19(24)25)14(16(22)26-2)30-20(18)29-12/h5-8,12-14H,4,9H2,1-3H3/t12-,13+,14-,18+/m0/s1. The molecule has 0 aromatic heterocycles. The SMILES string of the molecule is CCOC(=O)[C@@H]1C[C@]2(C(=O)OC)[C@H](c3ccc([N+](=O)[O-])cc3)[C@@H](C(=O)OC)ON2O1. The Labute approximate surface area is 170 Å². The Kier molecular flexibility index (Phi) is 6.01. The summed E-state index contributed by atoms with van der Waals surface area (Å²) in [7, 11) is 2.29. The topological polar surface area (TPSA) is 144 Å². The summed E-state index contributed by atoms with van der Waals surface area (Å²) in [5.41, 5.74) is -1.54. The fraction of sp³-hybridized carbons (Fsp3) is 0.500. The van der Waals surface area contributed by atoms with Gasteiger partial charge in [0.2, 0.25) is 0 Å². The first kappa shape index (κ1) is 21.6. The first-order valence-electron chi connectivity index (χ1n) is 9.01. The lowest BCUT2D eigenvalue weighted by Gasteiger charge is -2.30. The number of fused-ring (bicyclic) bond motifs is 1. The zero-order chi connectivity index (χ0) is 22.1. The van der Waals surface area contributed by atoms with Crippen LogP contribution >= 0.6 is 0 Å². The van der Waals surface area contributed by atoms with Crippen molar-refractivity contribution < 1.29 is 43.2 Å². The van der Waals surface area contributed by atoms with E-state index in [1.807, 2.05) is 0 Å². The summed E-state index contributed by atoms with van der Waals surface area (Å²) < 4.78 is 14.7. The number of benzene rings is 1. The molecule has 0 aliphatic carbocycles. The number of carbonyl (C=O) groups excluding carboxylic acids is 3. The molecule has 0 amide bonds. The molecule has 0 unspecified atom stereocenters. The molecule has 2 heterocycles. The number of carbonyl (C=O) groups is 3. The van der Waals surface area contributed by atoms with Crippen LogP contribution in [0.15, 0.2) is 24.3 Å². The van der Waals surface area contributed by atoms with Crippen LogP contribution in [-0.2, 0) is 38.3 Å². The highest BCUT2D eigenvalue weighted by Crippen LogP contribution is 2.52. The first-order valence-corrected chi connectivity index (χ1v) is 9.01. The molecule has 12 heteroatoms. The number of rotatable bonds is 6. The molecule has 30 heavy (non-hydrogen) atoms. The van der Waals surface area contributed by atoms with Crippen molar-refractivity contribution in [2.75, 3.05) is 20.8 Å². The normalized spacial score (nSPS) is 27.9. The Morgan fingerprint density at radius 1 is 1.17 bits per heavy atom. The monoisotopic (exact) mass is 424 g/mol. The molecule has 1 aromatic rings. The van der Waals surface area contributed by atoms with E-state index >= 15 is 0 Å². The predicted octanol–water partition coefficient (Wildman–Crippen LogP) is 0.646. The van der Waals surface area contributed by atoms with Crippen LogP contribution in [0.2, 0.25) is 0 Å². The van der Waals surface area contributed by atoms with Crippen molar-refractivity contribution in [1.29, 1.82) is 0 Å². The van der Waals surface area contributed by atoms with Crippen molar-refractivity contribution >= 4 is 23.6 Å². The minimum atomic E-state index is -1.72. The van der Waals surface area contributed by atoms with E-state index in [1.165, 1.54) is 24.3 Å². The van der Waals surface area contributed by atoms with Gasteiger partial charge in [-0.2, -0.15) is 0 Å². The lowest BCUT2D eigenvalue weighted by atomic mass is 9.74. The zero-order valence-electron chi connectivity index (χ0n) is 16.4. The van der Waals surface area contributed by atoms with Crippen LogP contribution in [0.1, 0.15) is 24.8 Å². The van der Waals surface area contributed by atoms with Crippen molar-refractivity contribution in [2.24, 2.45) is 0 Å². The number of hydrogen-bond donors (Lipinski definition) is 0. The molecule has 0 bridgehead atoms. The van der Waals surface area contributed by atoms with Gasteiger partial charge in [0.25, 0.3) is 5.69 Å². The molecule has 2 aliphatic rings. The molecule has 1 aromatic carbocycles. The summed E-state index contributed by atoms with van der Waals surface area (Å²) in [6.07, 6.45) is -2.73. The number of non-ortho nitro benzene ring substituents is 1. The zero-order valence-corrected chi connectivity index (χ0v) is 16.4.